The standard InChI is InChI=1S/C12H15BrF2N2/c1-2-9-7-16-3-4-17(9)12-10(14)5-8(13)6-11(12)15/h5-6,9,16H,2-4,7H2,1H3. The number of piperazine rings is 1. The number of anilines is 1. The normalized spacial score (nSPS) is 20.7. The van der Waals surface area contributed by atoms with Gasteiger partial charge in [-0.05, 0) is 18.6 Å². The second kappa shape index (κ2) is 5.31. The van der Waals surface area contributed by atoms with E-state index in [1.54, 1.807) is 0 Å². The second-order valence-electron chi connectivity index (χ2n) is 4.18. The summed E-state index contributed by atoms with van der Waals surface area (Å²) in [5, 5.41) is 3.24. The number of benzene rings is 1. The largest absolute Gasteiger partial charge is 0.361 e. The Labute approximate surface area is 108 Å². The van der Waals surface area contributed by atoms with Gasteiger partial charge in [-0.1, -0.05) is 22.9 Å². The number of nitrogens with zero attached hydrogens (tertiary/aromatic N) is 1. The Morgan fingerprint density at radius 2 is 2.06 bits per heavy atom. The zero-order valence-electron chi connectivity index (χ0n) is 9.64. The third kappa shape index (κ3) is 2.60. The molecular formula is C12H15BrF2N2. The number of hydrogen-bond acceptors (Lipinski definition) is 2. The Hall–Kier alpha value is -0.680. The van der Waals surface area contributed by atoms with E-state index in [1.165, 1.54) is 12.1 Å². The molecule has 0 spiro atoms. The van der Waals surface area contributed by atoms with Crippen LogP contribution in [0.15, 0.2) is 16.6 Å². The fourth-order valence-corrected chi connectivity index (χ4v) is 2.63. The van der Waals surface area contributed by atoms with Crippen molar-refractivity contribution in [3.05, 3.63) is 28.2 Å². The van der Waals surface area contributed by atoms with Crippen LogP contribution in [0.5, 0.6) is 0 Å². The first-order valence-corrected chi connectivity index (χ1v) is 6.54. The molecule has 0 bridgehead atoms. The van der Waals surface area contributed by atoms with Gasteiger partial charge in [0.2, 0.25) is 0 Å². The molecule has 1 atom stereocenters. The average molecular weight is 305 g/mol. The maximum atomic E-state index is 13.9. The molecule has 0 aliphatic carbocycles. The molecule has 1 unspecified atom stereocenters. The Morgan fingerprint density at radius 1 is 1.41 bits per heavy atom. The van der Waals surface area contributed by atoms with Crippen LogP contribution in [0.25, 0.3) is 0 Å². The van der Waals surface area contributed by atoms with Gasteiger partial charge in [-0.25, -0.2) is 8.78 Å². The Morgan fingerprint density at radius 3 is 2.65 bits per heavy atom. The summed E-state index contributed by atoms with van der Waals surface area (Å²) < 4.78 is 28.2. The summed E-state index contributed by atoms with van der Waals surface area (Å²) in [4.78, 5) is 1.83. The zero-order valence-corrected chi connectivity index (χ0v) is 11.2. The average Bonchev–Trinajstić information content (AvgIpc) is 2.28. The van der Waals surface area contributed by atoms with Crippen molar-refractivity contribution in [2.45, 2.75) is 19.4 Å². The van der Waals surface area contributed by atoms with Gasteiger partial charge in [0.15, 0.2) is 11.6 Å². The first kappa shape index (κ1) is 12.8. The van der Waals surface area contributed by atoms with Gasteiger partial charge in [0.1, 0.15) is 5.69 Å². The maximum absolute atomic E-state index is 13.9. The number of halogens is 3. The molecule has 0 amide bonds. The molecule has 1 N–H and O–H groups in total. The van der Waals surface area contributed by atoms with E-state index >= 15 is 0 Å². The lowest BCUT2D eigenvalue weighted by Gasteiger charge is -2.37. The van der Waals surface area contributed by atoms with E-state index in [4.69, 9.17) is 0 Å². The molecule has 0 radical (unpaired) electrons. The molecule has 1 heterocycles. The van der Waals surface area contributed by atoms with E-state index in [-0.39, 0.29) is 11.7 Å². The predicted octanol–water partition coefficient (Wildman–Crippen LogP) is 2.92. The molecule has 2 rings (SSSR count). The Bertz CT molecular complexity index is 388. The van der Waals surface area contributed by atoms with Crippen LogP contribution < -0.4 is 10.2 Å². The van der Waals surface area contributed by atoms with Crippen LogP contribution >= 0.6 is 15.9 Å². The molecule has 0 aromatic heterocycles. The van der Waals surface area contributed by atoms with E-state index in [2.05, 4.69) is 21.2 Å². The van der Waals surface area contributed by atoms with Crippen molar-refractivity contribution in [3.8, 4) is 0 Å². The highest BCUT2D eigenvalue weighted by atomic mass is 79.9. The molecule has 1 aliphatic rings. The van der Waals surface area contributed by atoms with Crippen LogP contribution in [0.2, 0.25) is 0 Å². The topological polar surface area (TPSA) is 15.3 Å². The van der Waals surface area contributed by atoms with Crippen LogP contribution in [0.1, 0.15) is 13.3 Å². The first-order valence-electron chi connectivity index (χ1n) is 5.75. The van der Waals surface area contributed by atoms with Crippen molar-refractivity contribution in [2.24, 2.45) is 0 Å². The first-order chi connectivity index (χ1) is 8.13. The monoisotopic (exact) mass is 304 g/mol. The zero-order chi connectivity index (χ0) is 12.4. The third-order valence-corrected chi connectivity index (χ3v) is 3.55. The Kier molecular flexibility index (Phi) is 3.99. The SMILES string of the molecule is CCC1CNCCN1c1c(F)cc(Br)cc1F. The van der Waals surface area contributed by atoms with Gasteiger partial charge in [-0.15, -0.1) is 0 Å². The highest BCUT2D eigenvalue weighted by molar-refractivity contribution is 9.10. The van der Waals surface area contributed by atoms with Crippen LogP contribution in [0.3, 0.4) is 0 Å². The van der Waals surface area contributed by atoms with E-state index in [1.807, 2.05) is 11.8 Å². The lowest BCUT2D eigenvalue weighted by atomic mass is 10.1. The van der Waals surface area contributed by atoms with Gasteiger partial charge in [0.25, 0.3) is 0 Å². The van der Waals surface area contributed by atoms with Gasteiger partial charge in [-0.2, -0.15) is 0 Å². The molecule has 2 nitrogen and oxygen atoms in total. The van der Waals surface area contributed by atoms with Gasteiger partial charge < -0.3 is 10.2 Å². The molecular weight excluding hydrogens is 290 g/mol. The van der Waals surface area contributed by atoms with Crippen LogP contribution in [0, 0.1) is 11.6 Å². The quantitative estimate of drug-likeness (QED) is 0.904. The molecule has 1 saturated heterocycles. The van der Waals surface area contributed by atoms with Crippen LogP contribution in [-0.2, 0) is 0 Å². The highest BCUT2D eigenvalue weighted by Crippen LogP contribution is 2.29. The van der Waals surface area contributed by atoms with Crippen molar-refractivity contribution in [1.82, 2.24) is 5.32 Å². The summed E-state index contributed by atoms with van der Waals surface area (Å²) in [6.07, 6.45) is 0.863. The minimum absolute atomic E-state index is 0.0987. The summed E-state index contributed by atoms with van der Waals surface area (Å²) in [5.74, 6) is -1.01. The van der Waals surface area contributed by atoms with Crippen molar-refractivity contribution < 1.29 is 8.78 Å². The molecule has 1 aromatic rings. The fraction of sp³-hybridized carbons (Fsp3) is 0.500. The highest BCUT2D eigenvalue weighted by Gasteiger charge is 2.26. The molecule has 94 valence electrons. The number of nitrogens with one attached hydrogen (secondary N) is 1. The van der Waals surface area contributed by atoms with Crippen molar-refractivity contribution in [2.75, 3.05) is 24.5 Å². The molecule has 1 aromatic carbocycles. The van der Waals surface area contributed by atoms with Crippen LogP contribution in [-0.4, -0.2) is 25.7 Å². The van der Waals surface area contributed by atoms with Gasteiger partial charge in [-0.3, -0.25) is 0 Å². The maximum Gasteiger partial charge on any atom is 0.150 e. The minimum Gasteiger partial charge on any atom is -0.361 e. The lowest BCUT2D eigenvalue weighted by molar-refractivity contribution is 0.449. The minimum atomic E-state index is -0.503. The van der Waals surface area contributed by atoms with Gasteiger partial charge in [0, 0.05) is 30.1 Å². The van der Waals surface area contributed by atoms with Gasteiger partial charge in [0.05, 0.1) is 0 Å². The predicted molar refractivity (Wildman–Crippen MR) is 68.4 cm³/mol. The number of hydrogen-bond donors (Lipinski definition) is 1. The van der Waals surface area contributed by atoms with Crippen molar-refractivity contribution in [3.63, 3.8) is 0 Å². The van der Waals surface area contributed by atoms with E-state index in [0.29, 0.717) is 11.0 Å². The summed E-state index contributed by atoms with van der Waals surface area (Å²) in [6, 6.07) is 2.77. The van der Waals surface area contributed by atoms with E-state index < -0.39 is 11.6 Å². The van der Waals surface area contributed by atoms with Crippen molar-refractivity contribution >= 4 is 21.6 Å². The smallest absolute Gasteiger partial charge is 0.150 e. The fourth-order valence-electron chi connectivity index (χ4n) is 2.23. The Balaban J connectivity index is 2.38. The molecule has 1 fully saturated rings. The molecule has 0 saturated carbocycles. The molecule has 1 aliphatic heterocycles. The van der Waals surface area contributed by atoms with Crippen LogP contribution in [0.4, 0.5) is 14.5 Å². The van der Waals surface area contributed by atoms with E-state index in [0.717, 1.165) is 19.5 Å². The number of rotatable bonds is 2. The summed E-state index contributed by atoms with van der Waals surface area (Å²) >= 11 is 3.09. The van der Waals surface area contributed by atoms with Gasteiger partial charge >= 0.3 is 0 Å². The van der Waals surface area contributed by atoms with E-state index in [9.17, 15) is 8.78 Å². The lowest BCUT2D eigenvalue weighted by Crippen LogP contribution is -2.51. The summed E-state index contributed by atoms with van der Waals surface area (Å²) in [6.45, 7) is 4.18. The molecule has 5 heteroatoms. The molecule has 17 heavy (non-hydrogen) atoms. The van der Waals surface area contributed by atoms with Crippen molar-refractivity contribution in [1.29, 1.82) is 0 Å². The third-order valence-electron chi connectivity index (χ3n) is 3.09. The summed E-state index contributed by atoms with van der Waals surface area (Å²) in [5.41, 5.74) is 0.0987. The second-order valence-corrected chi connectivity index (χ2v) is 5.09. The summed E-state index contributed by atoms with van der Waals surface area (Å²) in [7, 11) is 0.